The average Bonchev–Trinajstić information content (AvgIpc) is 2.67. The van der Waals surface area contributed by atoms with Crippen molar-refractivity contribution in [1.29, 1.82) is 0 Å². The van der Waals surface area contributed by atoms with E-state index in [0.717, 1.165) is 21.7 Å². The fourth-order valence-electron chi connectivity index (χ4n) is 2.01. The Hall–Kier alpha value is -1.69. The van der Waals surface area contributed by atoms with Crippen molar-refractivity contribution in [3.8, 4) is 0 Å². The van der Waals surface area contributed by atoms with Crippen LogP contribution in [0, 0.1) is 20.8 Å². The quantitative estimate of drug-likeness (QED) is 0.812. The van der Waals surface area contributed by atoms with Crippen LogP contribution in [-0.4, -0.2) is 22.1 Å². The fraction of sp³-hybridized carbons (Fsp3) is 0.500. The lowest BCUT2D eigenvalue weighted by molar-refractivity contribution is -0.144. The van der Waals surface area contributed by atoms with E-state index in [1.54, 1.807) is 6.92 Å². The molecule has 20 heavy (non-hydrogen) atoms. The summed E-state index contributed by atoms with van der Waals surface area (Å²) in [5, 5.41) is 0.612. The Labute approximate surface area is 121 Å². The van der Waals surface area contributed by atoms with Gasteiger partial charge in [0.15, 0.2) is 0 Å². The van der Waals surface area contributed by atoms with Gasteiger partial charge in [0.2, 0.25) is 0 Å². The summed E-state index contributed by atoms with van der Waals surface area (Å²) in [4.78, 5) is 30.5. The van der Waals surface area contributed by atoms with Gasteiger partial charge in [-0.25, -0.2) is 4.98 Å². The van der Waals surface area contributed by atoms with Crippen LogP contribution in [-0.2, 0) is 16.1 Å². The molecule has 0 fully saturated rings. The van der Waals surface area contributed by atoms with Gasteiger partial charge in [0, 0.05) is 4.88 Å². The van der Waals surface area contributed by atoms with Crippen LogP contribution in [0.3, 0.4) is 0 Å². The molecule has 0 saturated carbocycles. The molecule has 0 bridgehead atoms. The van der Waals surface area contributed by atoms with Gasteiger partial charge in [-0.2, -0.15) is 0 Å². The lowest BCUT2D eigenvalue weighted by atomic mass is 10.2. The van der Waals surface area contributed by atoms with Crippen molar-refractivity contribution in [2.45, 2.75) is 40.7 Å². The van der Waals surface area contributed by atoms with E-state index in [9.17, 15) is 9.59 Å². The van der Waals surface area contributed by atoms with E-state index in [4.69, 9.17) is 4.74 Å². The second-order valence-electron chi connectivity index (χ2n) is 4.73. The van der Waals surface area contributed by atoms with Crippen LogP contribution < -0.4 is 5.56 Å². The van der Waals surface area contributed by atoms with Gasteiger partial charge in [0.1, 0.15) is 17.2 Å². The number of thiophene rings is 1. The van der Waals surface area contributed by atoms with E-state index in [1.807, 2.05) is 20.8 Å². The molecule has 0 spiro atoms. The Morgan fingerprint density at radius 3 is 2.70 bits per heavy atom. The van der Waals surface area contributed by atoms with Crippen molar-refractivity contribution < 1.29 is 9.53 Å². The van der Waals surface area contributed by atoms with Gasteiger partial charge in [-0.05, 0) is 32.8 Å². The maximum atomic E-state index is 12.5. The number of nitrogens with zero attached hydrogens (tertiary/aromatic N) is 2. The molecule has 2 rings (SSSR count). The topological polar surface area (TPSA) is 61.2 Å². The highest BCUT2D eigenvalue weighted by Gasteiger charge is 2.16. The highest BCUT2D eigenvalue weighted by atomic mass is 32.1. The summed E-state index contributed by atoms with van der Waals surface area (Å²) in [6, 6.07) is 0. The van der Waals surface area contributed by atoms with Crippen LogP contribution in [0.4, 0.5) is 0 Å². The van der Waals surface area contributed by atoms with Crippen LogP contribution in [0.1, 0.15) is 29.6 Å². The smallest absolute Gasteiger partial charge is 0.326 e. The van der Waals surface area contributed by atoms with Crippen molar-refractivity contribution in [3.63, 3.8) is 0 Å². The lowest BCUT2D eigenvalue weighted by Gasteiger charge is -2.09. The first-order chi connectivity index (χ1) is 9.45. The minimum absolute atomic E-state index is 0.0814. The normalized spacial score (nSPS) is 11.0. The number of carbonyl (C=O) groups excluding carboxylic acids is 1. The zero-order chi connectivity index (χ0) is 14.9. The number of fused-ring (bicyclic) bond motifs is 1. The van der Waals surface area contributed by atoms with E-state index < -0.39 is 5.97 Å². The van der Waals surface area contributed by atoms with Crippen LogP contribution >= 0.6 is 11.3 Å². The second-order valence-corrected chi connectivity index (χ2v) is 5.94. The number of aryl methyl sites for hydroxylation is 3. The predicted octanol–water partition coefficient (Wildman–Crippen LogP) is 2.34. The lowest BCUT2D eigenvalue weighted by Crippen LogP contribution is -2.28. The Morgan fingerprint density at radius 1 is 1.35 bits per heavy atom. The third kappa shape index (κ3) is 2.60. The molecular formula is C14H18N2O3S. The molecule has 0 aliphatic rings. The van der Waals surface area contributed by atoms with Crippen LogP contribution in [0.2, 0.25) is 0 Å². The Balaban J connectivity index is 2.46. The summed E-state index contributed by atoms with van der Waals surface area (Å²) in [5.74, 6) is 0.139. The fourth-order valence-corrected chi connectivity index (χ4v) is 3.07. The van der Waals surface area contributed by atoms with Crippen molar-refractivity contribution in [3.05, 3.63) is 26.6 Å². The highest BCUT2D eigenvalue weighted by molar-refractivity contribution is 7.18. The SMILES string of the molecule is CCCOC(=O)Cn1c(C)nc2sc(C)c(C)c2c1=O. The molecule has 0 amide bonds. The number of rotatable bonds is 4. The average molecular weight is 294 g/mol. The Bertz CT molecular complexity index is 715. The third-order valence-electron chi connectivity index (χ3n) is 3.23. The molecule has 2 aromatic rings. The Morgan fingerprint density at radius 2 is 2.05 bits per heavy atom. The predicted molar refractivity (Wildman–Crippen MR) is 79.3 cm³/mol. The molecule has 0 aromatic carbocycles. The molecule has 0 saturated heterocycles. The molecule has 108 valence electrons. The van der Waals surface area contributed by atoms with E-state index in [1.165, 1.54) is 15.9 Å². The number of esters is 1. The monoisotopic (exact) mass is 294 g/mol. The summed E-state index contributed by atoms with van der Waals surface area (Å²) in [6.45, 7) is 7.83. The molecular weight excluding hydrogens is 276 g/mol. The zero-order valence-electron chi connectivity index (χ0n) is 12.1. The van der Waals surface area contributed by atoms with Gasteiger partial charge in [-0.15, -0.1) is 11.3 Å². The summed E-state index contributed by atoms with van der Waals surface area (Å²) < 4.78 is 6.42. The van der Waals surface area contributed by atoms with Crippen LogP contribution in [0.5, 0.6) is 0 Å². The number of aromatic nitrogens is 2. The summed E-state index contributed by atoms with van der Waals surface area (Å²) in [7, 11) is 0. The van der Waals surface area contributed by atoms with Crippen molar-refractivity contribution in [2.24, 2.45) is 0 Å². The van der Waals surface area contributed by atoms with E-state index in [0.29, 0.717) is 17.8 Å². The standard InChI is InChI=1S/C14H18N2O3S/c1-5-6-19-11(17)7-16-10(4)15-13-12(14(16)18)8(2)9(3)20-13/h5-7H2,1-4H3. The number of ether oxygens (including phenoxy) is 1. The molecule has 2 aromatic heterocycles. The molecule has 0 N–H and O–H groups in total. The van der Waals surface area contributed by atoms with Gasteiger partial charge in [-0.1, -0.05) is 6.92 Å². The minimum Gasteiger partial charge on any atom is -0.464 e. The molecule has 5 nitrogen and oxygen atoms in total. The van der Waals surface area contributed by atoms with Gasteiger partial charge < -0.3 is 4.74 Å². The number of hydrogen-bond acceptors (Lipinski definition) is 5. The summed E-state index contributed by atoms with van der Waals surface area (Å²) >= 11 is 1.51. The zero-order valence-corrected chi connectivity index (χ0v) is 13.0. The first kappa shape index (κ1) is 14.7. The van der Waals surface area contributed by atoms with Crippen molar-refractivity contribution >= 4 is 27.5 Å². The summed E-state index contributed by atoms with van der Waals surface area (Å²) in [6.07, 6.45) is 0.764. The second kappa shape index (κ2) is 5.75. The van der Waals surface area contributed by atoms with E-state index in [-0.39, 0.29) is 12.1 Å². The first-order valence-electron chi connectivity index (χ1n) is 6.58. The van der Waals surface area contributed by atoms with Gasteiger partial charge >= 0.3 is 5.97 Å². The highest BCUT2D eigenvalue weighted by Crippen LogP contribution is 2.26. The van der Waals surface area contributed by atoms with Crippen molar-refractivity contribution in [2.75, 3.05) is 6.61 Å². The van der Waals surface area contributed by atoms with E-state index >= 15 is 0 Å². The minimum atomic E-state index is -0.400. The largest absolute Gasteiger partial charge is 0.464 e. The maximum Gasteiger partial charge on any atom is 0.326 e. The molecule has 0 aliphatic heterocycles. The van der Waals surface area contributed by atoms with Crippen molar-refractivity contribution in [1.82, 2.24) is 9.55 Å². The van der Waals surface area contributed by atoms with Crippen LogP contribution in [0.15, 0.2) is 4.79 Å². The molecule has 0 radical (unpaired) electrons. The number of hydrogen-bond donors (Lipinski definition) is 0. The van der Waals surface area contributed by atoms with Gasteiger partial charge in [0.25, 0.3) is 5.56 Å². The summed E-state index contributed by atoms with van der Waals surface area (Å²) in [5.41, 5.74) is 0.779. The molecule has 0 atom stereocenters. The Kier molecular flexibility index (Phi) is 4.23. The van der Waals surface area contributed by atoms with E-state index in [2.05, 4.69) is 4.98 Å². The first-order valence-corrected chi connectivity index (χ1v) is 7.40. The maximum absolute atomic E-state index is 12.5. The van der Waals surface area contributed by atoms with Crippen LogP contribution in [0.25, 0.3) is 10.2 Å². The van der Waals surface area contributed by atoms with Gasteiger partial charge in [0.05, 0.1) is 12.0 Å². The molecule has 2 heterocycles. The van der Waals surface area contributed by atoms with Gasteiger partial charge in [-0.3, -0.25) is 14.2 Å². The third-order valence-corrected chi connectivity index (χ3v) is 4.34. The number of carbonyl (C=O) groups is 1. The molecule has 0 unspecified atom stereocenters. The molecule has 0 aliphatic carbocycles. The molecule has 6 heteroatoms.